The summed E-state index contributed by atoms with van der Waals surface area (Å²) >= 11 is 8.19. The molecule has 0 bridgehead atoms. The maximum absolute atomic E-state index is 14.0. The van der Waals surface area contributed by atoms with Crippen LogP contribution in [0.1, 0.15) is 40.4 Å². The molecule has 0 saturated carbocycles. The van der Waals surface area contributed by atoms with Gasteiger partial charge in [-0.3, -0.25) is 9.36 Å². The van der Waals surface area contributed by atoms with E-state index in [9.17, 15) is 4.79 Å². The van der Waals surface area contributed by atoms with Gasteiger partial charge < -0.3 is 4.98 Å². The molecule has 2 aromatic heterocycles. The molecule has 176 valence electrons. The summed E-state index contributed by atoms with van der Waals surface area (Å²) in [5, 5.41) is 1.77. The van der Waals surface area contributed by atoms with E-state index in [-0.39, 0.29) is 11.6 Å². The number of benzene rings is 3. The molecule has 0 amide bonds. The van der Waals surface area contributed by atoms with Gasteiger partial charge in [-0.15, -0.1) is 0 Å². The van der Waals surface area contributed by atoms with Gasteiger partial charge in [0.1, 0.15) is 0 Å². The van der Waals surface area contributed by atoms with Gasteiger partial charge in [-0.2, -0.15) is 0 Å². The van der Waals surface area contributed by atoms with Crippen molar-refractivity contribution in [2.24, 2.45) is 4.99 Å². The van der Waals surface area contributed by atoms with Crippen molar-refractivity contribution in [1.82, 2.24) is 9.55 Å². The minimum atomic E-state index is -0.274. The average molecular weight is 508 g/mol. The largest absolute Gasteiger partial charge is 0.358 e. The van der Waals surface area contributed by atoms with Crippen LogP contribution < -0.4 is 14.9 Å². The first kappa shape index (κ1) is 21.6. The Morgan fingerprint density at radius 3 is 2.69 bits per heavy atom. The van der Waals surface area contributed by atoms with Crippen molar-refractivity contribution in [3.05, 3.63) is 131 Å². The third kappa shape index (κ3) is 3.20. The van der Waals surface area contributed by atoms with Gasteiger partial charge in [0.05, 0.1) is 16.3 Å². The van der Waals surface area contributed by atoms with Crippen molar-refractivity contribution in [2.45, 2.75) is 25.8 Å². The summed E-state index contributed by atoms with van der Waals surface area (Å²) in [7, 11) is 0. The number of fused-ring (bicyclic) bond motifs is 4. The van der Waals surface area contributed by atoms with Gasteiger partial charge in [0.2, 0.25) is 0 Å². The number of para-hydroxylation sites is 1. The SMILES string of the molecule is Cc1[nH]c2ccccc2c1/C=c1/sc2n(c1=O)[C@@H](c1ccccc1Cl)C1=C(N=2)c2ccccc2CC1. The fraction of sp³-hybridized carbons (Fsp3) is 0.133. The molecule has 0 saturated heterocycles. The van der Waals surface area contributed by atoms with Crippen LogP contribution in [-0.4, -0.2) is 9.55 Å². The van der Waals surface area contributed by atoms with E-state index in [2.05, 4.69) is 41.4 Å². The molecular formula is C30H22ClN3OS. The number of hydrogen-bond donors (Lipinski definition) is 1. The Morgan fingerprint density at radius 2 is 1.81 bits per heavy atom. The first-order valence-corrected chi connectivity index (χ1v) is 13.2. The smallest absolute Gasteiger partial charge is 0.271 e. The Morgan fingerprint density at radius 1 is 1.03 bits per heavy atom. The molecule has 0 radical (unpaired) electrons. The van der Waals surface area contributed by atoms with Crippen LogP contribution in [0.2, 0.25) is 5.02 Å². The van der Waals surface area contributed by atoms with Crippen molar-refractivity contribution < 1.29 is 0 Å². The van der Waals surface area contributed by atoms with Gasteiger partial charge in [0.25, 0.3) is 5.56 Å². The van der Waals surface area contributed by atoms with Gasteiger partial charge in [-0.25, -0.2) is 4.99 Å². The highest BCUT2D eigenvalue weighted by Crippen LogP contribution is 2.42. The monoisotopic (exact) mass is 507 g/mol. The highest BCUT2D eigenvalue weighted by Gasteiger charge is 2.33. The van der Waals surface area contributed by atoms with Crippen molar-refractivity contribution in [2.75, 3.05) is 0 Å². The lowest BCUT2D eigenvalue weighted by Crippen LogP contribution is -2.38. The molecule has 3 aromatic carbocycles. The van der Waals surface area contributed by atoms with E-state index in [0.29, 0.717) is 14.4 Å². The van der Waals surface area contributed by atoms with Gasteiger partial charge in [-0.1, -0.05) is 83.6 Å². The van der Waals surface area contributed by atoms with Gasteiger partial charge in [0.15, 0.2) is 4.80 Å². The second-order valence-electron chi connectivity index (χ2n) is 9.34. The lowest BCUT2D eigenvalue weighted by Gasteiger charge is -2.31. The average Bonchev–Trinajstić information content (AvgIpc) is 3.39. The second kappa shape index (κ2) is 8.19. The van der Waals surface area contributed by atoms with E-state index < -0.39 is 0 Å². The minimum Gasteiger partial charge on any atom is -0.358 e. The number of halogens is 1. The fourth-order valence-corrected chi connectivity index (χ4v) is 6.83. The van der Waals surface area contributed by atoms with Crippen LogP contribution in [-0.2, 0) is 6.42 Å². The van der Waals surface area contributed by atoms with Crippen molar-refractivity contribution in [3.63, 3.8) is 0 Å². The highest BCUT2D eigenvalue weighted by atomic mass is 35.5. The molecule has 6 heteroatoms. The van der Waals surface area contributed by atoms with Crippen LogP contribution in [0.25, 0.3) is 22.7 Å². The molecule has 4 nitrogen and oxygen atoms in total. The third-order valence-electron chi connectivity index (χ3n) is 7.29. The number of hydrogen-bond acceptors (Lipinski definition) is 3. The standard InChI is InChI=1S/C30H22ClN3OS/c1-17-23(20-10-5-7-13-25(20)32-17)16-26-29(35)34-28(21-11-4-6-12-24(21)31)22-15-14-18-8-2-3-9-19(18)27(22)33-30(34)36-26/h2-13,16,28,32H,14-15H2,1H3/b26-16+/t28-/m0/s1. The molecule has 0 unspecified atom stereocenters. The quantitative estimate of drug-likeness (QED) is 0.324. The molecule has 1 aliphatic carbocycles. The van der Waals surface area contributed by atoms with Gasteiger partial charge >= 0.3 is 0 Å². The maximum Gasteiger partial charge on any atom is 0.271 e. The summed E-state index contributed by atoms with van der Waals surface area (Å²) in [5.41, 5.74) is 8.65. The maximum atomic E-state index is 14.0. The lowest BCUT2D eigenvalue weighted by atomic mass is 9.83. The highest BCUT2D eigenvalue weighted by molar-refractivity contribution is 7.07. The summed E-state index contributed by atoms with van der Waals surface area (Å²) in [6.07, 6.45) is 3.78. The molecule has 3 heterocycles. The summed E-state index contributed by atoms with van der Waals surface area (Å²) in [6.45, 7) is 2.05. The van der Waals surface area contributed by atoms with E-state index >= 15 is 0 Å². The number of aryl methyl sites for hydroxylation is 2. The van der Waals surface area contributed by atoms with Crippen LogP contribution >= 0.6 is 22.9 Å². The van der Waals surface area contributed by atoms with Crippen molar-refractivity contribution in [3.8, 4) is 0 Å². The Kier molecular flexibility index (Phi) is 4.91. The second-order valence-corrected chi connectivity index (χ2v) is 10.8. The number of H-pyrrole nitrogens is 1. The number of rotatable bonds is 2. The number of allylic oxidation sites excluding steroid dienone is 1. The number of aromatic nitrogens is 2. The molecule has 36 heavy (non-hydrogen) atoms. The third-order valence-corrected chi connectivity index (χ3v) is 8.62. The molecule has 5 aromatic rings. The molecular weight excluding hydrogens is 486 g/mol. The number of thiazole rings is 1. The van der Waals surface area contributed by atoms with E-state index in [1.54, 1.807) is 0 Å². The Balaban J connectivity index is 1.53. The minimum absolute atomic E-state index is 0.0289. The van der Waals surface area contributed by atoms with Crippen LogP contribution in [0.4, 0.5) is 0 Å². The molecule has 7 rings (SSSR count). The summed E-state index contributed by atoms with van der Waals surface area (Å²) in [5.74, 6) is 0. The van der Waals surface area contributed by atoms with Crippen molar-refractivity contribution >= 4 is 45.6 Å². The van der Waals surface area contributed by atoms with E-state index in [1.807, 2.05) is 54.0 Å². The summed E-state index contributed by atoms with van der Waals surface area (Å²) in [6, 6.07) is 24.2. The fourth-order valence-electron chi connectivity index (χ4n) is 5.61. The molecule has 1 N–H and O–H groups in total. The Labute approximate surface area is 216 Å². The Bertz CT molecular complexity index is 1910. The van der Waals surface area contributed by atoms with Crippen molar-refractivity contribution in [1.29, 1.82) is 0 Å². The molecule has 0 spiro atoms. The van der Waals surface area contributed by atoms with E-state index in [4.69, 9.17) is 16.6 Å². The zero-order valence-corrected chi connectivity index (χ0v) is 21.2. The van der Waals surface area contributed by atoms with Crippen LogP contribution in [0, 0.1) is 6.92 Å². The normalized spacial score (nSPS) is 17.1. The summed E-state index contributed by atoms with van der Waals surface area (Å²) < 4.78 is 2.53. The van der Waals surface area contributed by atoms with Crippen LogP contribution in [0.15, 0.2) is 88.2 Å². The number of nitrogens with one attached hydrogen (secondary N) is 1. The molecule has 1 aliphatic heterocycles. The number of nitrogens with zero attached hydrogens (tertiary/aromatic N) is 2. The van der Waals surface area contributed by atoms with Crippen LogP contribution in [0.5, 0.6) is 0 Å². The first-order valence-electron chi connectivity index (χ1n) is 12.0. The molecule has 1 atom stereocenters. The number of aromatic amines is 1. The topological polar surface area (TPSA) is 50.1 Å². The van der Waals surface area contributed by atoms with E-state index in [1.165, 1.54) is 16.9 Å². The predicted octanol–water partition coefficient (Wildman–Crippen LogP) is 5.76. The lowest BCUT2D eigenvalue weighted by molar-refractivity contribution is 0.585. The Hall–Kier alpha value is -3.67. The summed E-state index contributed by atoms with van der Waals surface area (Å²) in [4.78, 5) is 23.3. The zero-order valence-electron chi connectivity index (χ0n) is 19.6. The first-order chi connectivity index (χ1) is 17.6. The molecule has 0 fully saturated rings. The van der Waals surface area contributed by atoms with Gasteiger partial charge in [0, 0.05) is 32.7 Å². The molecule has 2 aliphatic rings. The van der Waals surface area contributed by atoms with Gasteiger partial charge in [-0.05, 0) is 54.7 Å². The van der Waals surface area contributed by atoms with E-state index in [0.717, 1.165) is 57.4 Å². The zero-order chi connectivity index (χ0) is 24.4. The van der Waals surface area contributed by atoms with Crippen LogP contribution in [0.3, 0.4) is 0 Å². The predicted molar refractivity (Wildman–Crippen MR) is 147 cm³/mol.